The summed E-state index contributed by atoms with van der Waals surface area (Å²) in [5.74, 6) is 1.28. The number of nitrogens with one attached hydrogen (secondary N) is 1. The second-order valence-electron chi connectivity index (χ2n) is 4.09. The summed E-state index contributed by atoms with van der Waals surface area (Å²) in [6, 6.07) is 8.35. The van der Waals surface area contributed by atoms with Gasteiger partial charge in [0, 0.05) is 19.2 Å². The van der Waals surface area contributed by atoms with Gasteiger partial charge < -0.3 is 5.32 Å². The Hall–Kier alpha value is -1.97. The average molecular weight is 245 g/mol. The third-order valence-electron chi connectivity index (χ3n) is 2.51. The fraction of sp³-hybridized carbons (Fsp3) is 0.286. The Morgan fingerprint density at radius 2 is 2.17 bits per heavy atom. The highest BCUT2D eigenvalue weighted by Gasteiger charge is 2.02. The maximum absolute atomic E-state index is 13.1. The van der Waals surface area contributed by atoms with Gasteiger partial charge in [0.05, 0.1) is 0 Å². The monoisotopic (exact) mass is 245 g/mol. The molecule has 0 saturated carbocycles. The number of hydrogen-bond acceptors (Lipinski definition) is 3. The van der Waals surface area contributed by atoms with E-state index in [4.69, 9.17) is 0 Å². The lowest BCUT2D eigenvalue weighted by Crippen LogP contribution is -2.05. The molecule has 2 rings (SSSR count). The van der Waals surface area contributed by atoms with Crippen LogP contribution < -0.4 is 5.32 Å². The van der Waals surface area contributed by atoms with Crippen LogP contribution in [0.5, 0.6) is 0 Å². The minimum absolute atomic E-state index is 0.229. The van der Waals surface area contributed by atoms with E-state index < -0.39 is 0 Å². The molecule has 0 radical (unpaired) electrons. The van der Waals surface area contributed by atoms with E-state index in [0.717, 1.165) is 24.3 Å². The van der Waals surface area contributed by atoms with Crippen molar-refractivity contribution in [3.05, 3.63) is 53.7 Å². The molecule has 0 aliphatic carbocycles. The molecule has 0 aliphatic rings. The van der Waals surface area contributed by atoms with Crippen LogP contribution in [-0.2, 0) is 6.42 Å². The molecule has 0 amide bonds. The minimum Gasteiger partial charge on any atom is -0.370 e. The smallest absolute Gasteiger partial charge is 0.135 e. The molecule has 2 aromatic rings. The third-order valence-corrected chi connectivity index (χ3v) is 2.51. The van der Waals surface area contributed by atoms with Crippen molar-refractivity contribution in [2.24, 2.45) is 0 Å². The Morgan fingerprint density at radius 1 is 1.28 bits per heavy atom. The zero-order chi connectivity index (χ0) is 12.8. The largest absolute Gasteiger partial charge is 0.370 e. The number of rotatable bonds is 5. The molecule has 0 fully saturated rings. The predicted octanol–water partition coefficient (Wildman–Crippen LogP) is 3.03. The van der Waals surface area contributed by atoms with Crippen molar-refractivity contribution in [2.45, 2.75) is 19.8 Å². The molecule has 0 spiro atoms. The van der Waals surface area contributed by atoms with Crippen LogP contribution >= 0.6 is 0 Å². The fourth-order valence-corrected chi connectivity index (χ4v) is 1.67. The van der Waals surface area contributed by atoms with Crippen molar-refractivity contribution in [1.82, 2.24) is 9.97 Å². The van der Waals surface area contributed by atoms with E-state index >= 15 is 0 Å². The number of anilines is 1. The first-order valence-electron chi connectivity index (χ1n) is 6.08. The molecule has 1 aromatic heterocycles. The molecule has 0 bridgehead atoms. The average Bonchev–Trinajstić information content (AvgIpc) is 2.37. The highest BCUT2D eigenvalue weighted by Crippen LogP contribution is 2.09. The highest BCUT2D eigenvalue weighted by atomic mass is 19.1. The van der Waals surface area contributed by atoms with Crippen molar-refractivity contribution in [2.75, 3.05) is 11.9 Å². The van der Waals surface area contributed by atoms with E-state index in [2.05, 4.69) is 22.2 Å². The Morgan fingerprint density at radius 3 is 2.94 bits per heavy atom. The van der Waals surface area contributed by atoms with Crippen LogP contribution in [0.15, 0.2) is 36.5 Å². The molecular formula is C14H16FN3. The van der Waals surface area contributed by atoms with E-state index in [9.17, 15) is 4.39 Å². The van der Waals surface area contributed by atoms with Crippen molar-refractivity contribution in [1.29, 1.82) is 0 Å². The van der Waals surface area contributed by atoms with E-state index in [1.807, 2.05) is 12.1 Å². The predicted molar refractivity (Wildman–Crippen MR) is 70.0 cm³/mol. The van der Waals surface area contributed by atoms with Crippen molar-refractivity contribution in [3.63, 3.8) is 0 Å². The summed E-state index contributed by atoms with van der Waals surface area (Å²) in [6.45, 7) is 2.98. The molecule has 0 aliphatic heterocycles. The van der Waals surface area contributed by atoms with Gasteiger partial charge in [-0.3, -0.25) is 0 Å². The van der Waals surface area contributed by atoms with Crippen molar-refractivity contribution < 1.29 is 4.39 Å². The van der Waals surface area contributed by atoms with Gasteiger partial charge in [-0.15, -0.1) is 0 Å². The molecular weight excluding hydrogens is 229 g/mol. The van der Waals surface area contributed by atoms with Gasteiger partial charge in [-0.2, -0.15) is 0 Å². The molecule has 3 nitrogen and oxygen atoms in total. The van der Waals surface area contributed by atoms with Crippen LogP contribution in [0.1, 0.15) is 24.7 Å². The Balaban J connectivity index is 2.09. The van der Waals surface area contributed by atoms with Crippen LogP contribution in [0.2, 0.25) is 0 Å². The van der Waals surface area contributed by atoms with Crippen molar-refractivity contribution >= 4 is 5.82 Å². The molecule has 1 heterocycles. The molecule has 18 heavy (non-hydrogen) atoms. The SMILES string of the molecule is CCCNc1ccnc(Cc2cccc(F)c2)n1. The number of benzene rings is 1. The van der Waals surface area contributed by atoms with Crippen LogP contribution in [0.3, 0.4) is 0 Å². The zero-order valence-corrected chi connectivity index (χ0v) is 10.4. The Kier molecular flexibility index (Phi) is 4.23. The van der Waals surface area contributed by atoms with E-state index in [1.54, 1.807) is 12.3 Å². The zero-order valence-electron chi connectivity index (χ0n) is 10.4. The third kappa shape index (κ3) is 3.52. The van der Waals surface area contributed by atoms with E-state index in [-0.39, 0.29) is 5.82 Å². The maximum Gasteiger partial charge on any atom is 0.135 e. The fourth-order valence-electron chi connectivity index (χ4n) is 1.67. The maximum atomic E-state index is 13.1. The Labute approximate surface area is 106 Å². The molecule has 0 unspecified atom stereocenters. The van der Waals surface area contributed by atoms with Gasteiger partial charge in [0.1, 0.15) is 17.5 Å². The highest BCUT2D eigenvalue weighted by molar-refractivity contribution is 5.33. The number of hydrogen-bond donors (Lipinski definition) is 1. The van der Waals surface area contributed by atoms with Crippen LogP contribution in [0, 0.1) is 5.82 Å². The summed E-state index contributed by atoms with van der Waals surface area (Å²) in [7, 11) is 0. The summed E-state index contributed by atoms with van der Waals surface area (Å²) >= 11 is 0. The van der Waals surface area contributed by atoms with Crippen molar-refractivity contribution in [3.8, 4) is 0 Å². The number of halogens is 1. The second-order valence-corrected chi connectivity index (χ2v) is 4.09. The molecule has 0 atom stereocenters. The number of aromatic nitrogens is 2. The summed E-state index contributed by atoms with van der Waals surface area (Å²) in [4.78, 5) is 8.59. The van der Waals surface area contributed by atoms with E-state index in [1.165, 1.54) is 12.1 Å². The van der Waals surface area contributed by atoms with Gasteiger partial charge in [0.25, 0.3) is 0 Å². The van der Waals surface area contributed by atoms with Gasteiger partial charge in [-0.05, 0) is 30.2 Å². The molecule has 1 N–H and O–H groups in total. The van der Waals surface area contributed by atoms with Gasteiger partial charge >= 0.3 is 0 Å². The normalized spacial score (nSPS) is 10.3. The quantitative estimate of drug-likeness (QED) is 0.879. The van der Waals surface area contributed by atoms with Gasteiger partial charge in [-0.1, -0.05) is 19.1 Å². The van der Waals surface area contributed by atoms with Crippen LogP contribution in [-0.4, -0.2) is 16.5 Å². The summed E-state index contributed by atoms with van der Waals surface area (Å²) in [5.41, 5.74) is 0.877. The molecule has 4 heteroatoms. The first-order chi connectivity index (χ1) is 8.78. The molecule has 1 aromatic carbocycles. The van der Waals surface area contributed by atoms with Gasteiger partial charge in [0.2, 0.25) is 0 Å². The molecule has 94 valence electrons. The summed E-state index contributed by atoms with van der Waals surface area (Å²) in [6.07, 6.45) is 3.31. The standard InChI is InChI=1S/C14H16FN3/c1-2-7-16-13-6-8-17-14(18-13)10-11-4-3-5-12(15)9-11/h3-6,8-9H,2,7,10H2,1H3,(H,16,17,18). The first-order valence-corrected chi connectivity index (χ1v) is 6.08. The lowest BCUT2D eigenvalue weighted by Gasteiger charge is -2.05. The first kappa shape index (κ1) is 12.5. The lowest BCUT2D eigenvalue weighted by atomic mass is 10.1. The summed E-state index contributed by atoms with van der Waals surface area (Å²) in [5, 5.41) is 3.21. The minimum atomic E-state index is -0.229. The second kappa shape index (κ2) is 6.10. The van der Waals surface area contributed by atoms with Crippen LogP contribution in [0.25, 0.3) is 0 Å². The lowest BCUT2D eigenvalue weighted by molar-refractivity contribution is 0.626. The number of nitrogens with zero attached hydrogens (tertiary/aromatic N) is 2. The van der Waals surface area contributed by atoms with E-state index in [0.29, 0.717) is 12.2 Å². The molecule has 0 saturated heterocycles. The van der Waals surface area contributed by atoms with Gasteiger partial charge in [0.15, 0.2) is 0 Å². The topological polar surface area (TPSA) is 37.8 Å². The Bertz CT molecular complexity index is 514. The van der Waals surface area contributed by atoms with Crippen LogP contribution in [0.4, 0.5) is 10.2 Å². The summed E-state index contributed by atoms with van der Waals surface area (Å²) < 4.78 is 13.1. The van der Waals surface area contributed by atoms with Gasteiger partial charge in [-0.25, -0.2) is 14.4 Å².